The lowest BCUT2D eigenvalue weighted by atomic mass is 10.0. The number of urea groups is 1. The zero-order valence-corrected chi connectivity index (χ0v) is 11.6. The van der Waals surface area contributed by atoms with Crippen LogP contribution >= 0.6 is 0 Å². The molecule has 1 unspecified atom stereocenters. The molecule has 0 aromatic heterocycles. The first-order valence-corrected chi connectivity index (χ1v) is 6.74. The fourth-order valence-corrected chi connectivity index (χ4v) is 2.32. The number of para-hydroxylation sites is 1. The quantitative estimate of drug-likeness (QED) is 0.782. The minimum absolute atomic E-state index is 0.433. The van der Waals surface area contributed by atoms with Gasteiger partial charge in [0, 0.05) is 11.1 Å². The highest BCUT2D eigenvalue weighted by molar-refractivity contribution is 6.19. The third-order valence-electron chi connectivity index (χ3n) is 3.27. The molecule has 3 amide bonds. The van der Waals surface area contributed by atoms with Gasteiger partial charge in [-0.3, -0.25) is 4.79 Å². The van der Waals surface area contributed by atoms with Crippen molar-refractivity contribution in [2.24, 2.45) is 10.7 Å². The van der Waals surface area contributed by atoms with Crippen LogP contribution in [0.2, 0.25) is 0 Å². The average Bonchev–Trinajstić information content (AvgIpc) is 2.65. The Labute approximate surface area is 127 Å². The summed E-state index contributed by atoms with van der Waals surface area (Å²) in [5, 5.41) is 5.10. The molecule has 1 heterocycles. The van der Waals surface area contributed by atoms with Crippen LogP contribution in [0.5, 0.6) is 0 Å². The second-order valence-corrected chi connectivity index (χ2v) is 4.79. The molecule has 0 saturated carbocycles. The van der Waals surface area contributed by atoms with Crippen LogP contribution in [-0.4, -0.2) is 23.8 Å². The van der Waals surface area contributed by atoms with Crippen LogP contribution < -0.4 is 16.4 Å². The van der Waals surface area contributed by atoms with E-state index in [4.69, 9.17) is 5.73 Å². The molecule has 0 saturated heterocycles. The number of nitrogens with one attached hydrogen (secondary N) is 2. The van der Waals surface area contributed by atoms with Crippen LogP contribution in [0.3, 0.4) is 0 Å². The Hall–Kier alpha value is -3.15. The Bertz CT molecular complexity index is 756. The Morgan fingerprint density at radius 1 is 1.09 bits per heavy atom. The van der Waals surface area contributed by atoms with E-state index in [2.05, 4.69) is 15.6 Å². The Kier molecular flexibility index (Phi) is 3.57. The second kappa shape index (κ2) is 5.69. The molecule has 3 rings (SSSR count). The van der Waals surface area contributed by atoms with Crippen LogP contribution in [-0.2, 0) is 4.79 Å². The summed E-state index contributed by atoms with van der Waals surface area (Å²) in [5.41, 5.74) is 8.03. The largest absolute Gasteiger partial charge is 0.352 e. The number of hydrogen-bond donors (Lipinski definition) is 3. The fourth-order valence-electron chi connectivity index (χ4n) is 2.32. The van der Waals surface area contributed by atoms with E-state index in [0.717, 1.165) is 11.1 Å². The molecule has 4 N–H and O–H groups in total. The molecular formula is C16H14N4O2. The van der Waals surface area contributed by atoms with Crippen molar-refractivity contribution < 1.29 is 9.59 Å². The number of amides is 3. The van der Waals surface area contributed by atoms with E-state index in [0.29, 0.717) is 11.4 Å². The van der Waals surface area contributed by atoms with Crippen molar-refractivity contribution in [3.63, 3.8) is 0 Å². The number of carbonyl (C=O) groups is 2. The smallest absolute Gasteiger partial charge is 0.314 e. The number of benzene rings is 2. The summed E-state index contributed by atoms with van der Waals surface area (Å²) in [6, 6.07) is 16.0. The molecule has 0 aliphatic carbocycles. The third kappa shape index (κ3) is 2.67. The zero-order chi connectivity index (χ0) is 15.5. The highest BCUT2D eigenvalue weighted by Gasteiger charge is 2.26. The summed E-state index contributed by atoms with van der Waals surface area (Å²) in [4.78, 5) is 27.7. The van der Waals surface area contributed by atoms with Crippen molar-refractivity contribution in [3.8, 4) is 0 Å². The normalized spacial score (nSPS) is 16.8. The summed E-state index contributed by atoms with van der Waals surface area (Å²) < 4.78 is 0. The van der Waals surface area contributed by atoms with Crippen molar-refractivity contribution in [2.75, 3.05) is 5.32 Å². The van der Waals surface area contributed by atoms with Crippen LogP contribution in [0.1, 0.15) is 11.1 Å². The Morgan fingerprint density at radius 3 is 2.50 bits per heavy atom. The Morgan fingerprint density at radius 2 is 1.77 bits per heavy atom. The van der Waals surface area contributed by atoms with Crippen LogP contribution in [0.25, 0.3) is 0 Å². The summed E-state index contributed by atoms with van der Waals surface area (Å²) in [5.74, 6) is -0.433. The fraction of sp³-hybridized carbons (Fsp3) is 0.0625. The second-order valence-electron chi connectivity index (χ2n) is 4.79. The third-order valence-corrected chi connectivity index (χ3v) is 3.27. The summed E-state index contributed by atoms with van der Waals surface area (Å²) in [6.45, 7) is 0. The number of aliphatic imine (C=N–C) groups is 1. The van der Waals surface area contributed by atoms with Crippen LogP contribution in [0.4, 0.5) is 10.5 Å². The molecule has 1 aliphatic heterocycles. The lowest BCUT2D eigenvalue weighted by molar-refractivity contribution is -0.117. The van der Waals surface area contributed by atoms with Crippen LogP contribution in [0, 0.1) is 0 Å². The molecule has 0 fully saturated rings. The molecule has 110 valence electrons. The van der Waals surface area contributed by atoms with Gasteiger partial charge in [0.05, 0.1) is 11.4 Å². The van der Waals surface area contributed by atoms with E-state index >= 15 is 0 Å². The number of nitrogens with two attached hydrogens (primary N) is 1. The molecule has 1 atom stereocenters. The topological polar surface area (TPSA) is 96.6 Å². The predicted octanol–water partition coefficient (Wildman–Crippen LogP) is 1.47. The number of primary amides is 1. The first-order chi connectivity index (χ1) is 10.6. The number of nitrogens with zero attached hydrogens (tertiary/aromatic N) is 1. The molecular weight excluding hydrogens is 280 g/mol. The van der Waals surface area contributed by atoms with Gasteiger partial charge in [-0.15, -0.1) is 0 Å². The number of benzodiazepines with no additional fused rings is 1. The zero-order valence-electron chi connectivity index (χ0n) is 11.6. The predicted molar refractivity (Wildman–Crippen MR) is 83.7 cm³/mol. The van der Waals surface area contributed by atoms with Gasteiger partial charge in [-0.25, -0.2) is 9.79 Å². The average molecular weight is 294 g/mol. The minimum Gasteiger partial charge on any atom is -0.352 e. The van der Waals surface area contributed by atoms with Gasteiger partial charge in [0.15, 0.2) is 0 Å². The minimum atomic E-state index is -1.07. The highest BCUT2D eigenvalue weighted by atomic mass is 16.2. The number of carbonyl (C=O) groups excluding carboxylic acids is 2. The molecule has 2 aromatic carbocycles. The number of fused-ring (bicyclic) bond motifs is 1. The monoisotopic (exact) mass is 294 g/mol. The van der Waals surface area contributed by atoms with Gasteiger partial charge in [0.25, 0.3) is 5.91 Å². The molecule has 6 heteroatoms. The molecule has 0 radical (unpaired) electrons. The first-order valence-electron chi connectivity index (χ1n) is 6.74. The van der Waals surface area contributed by atoms with E-state index in [1.165, 1.54) is 0 Å². The lowest BCUT2D eigenvalue weighted by Crippen LogP contribution is -2.44. The maximum Gasteiger partial charge on any atom is 0.314 e. The van der Waals surface area contributed by atoms with Gasteiger partial charge in [-0.2, -0.15) is 0 Å². The molecule has 0 bridgehead atoms. The standard InChI is InChI=1S/C16H14N4O2/c17-16(22)20-14-15(21)18-12-9-5-4-8-11(12)13(19-14)10-6-2-1-3-7-10/h1-9,14H,(H,18,21)(H3,17,20,22). The van der Waals surface area contributed by atoms with Gasteiger partial charge in [0.2, 0.25) is 6.17 Å². The van der Waals surface area contributed by atoms with E-state index in [1.54, 1.807) is 6.07 Å². The van der Waals surface area contributed by atoms with Gasteiger partial charge >= 0.3 is 6.03 Å². The lowest BCUT2D eigenvalue weighted by Gasteiger charge is -2.11. The maximum atomic E-state index is 12.2. The van der Waals surface area contributed by atoms with E-state index < -0.39 is 18.1 Å². The van der Waals surface area contributed by atoms with E-state index in [9.17, 15) is 9.59 Å². The summed E-state index contributed by atoms with van der Waals surface area (Å²) in [7, 11) is 0. The summed E-state index contributed by atoms with van der Waals surface area (Å²) >= 11 is 0. The Balaban J connectivity index is 2.15. The first kappa shape index (κ1) is 13.8. The van der Waals surface area contributed by atoms with Gasteiger partial charge < -0.3 is 16.4 Å². The highest BCUT2D eigenvalue weighted by Crippen LogP contribution is 2.23. The number of rotatable bonds is 2. The maximum absolute atomic E-state index is 12.2. The van der Waals surface area contributed by atoms with Crippen molar-refractivity contribution in [1.82, 2.24) is 5.32 Å². The van der Waals surface area contributed by atoms with Gasteiger partial charge in [0.1, 0.15) is 0 Å². The van der Waals surface area contributed by atoms with E-state index in [-0.39, 0.29) is 0 Å². The van der Waals surface area contributed by atoms with Crippen LogP contribution in [0.15, 0.2) is 59.6 Å². The number of anilines is 1. The van der Waals surface area contributed by atoms with Crippen molar-refractivity contribution >= 4 is 23.3 Å². The number of hydrogen-bond acceptors (Lipinski definition) is 3. The van der Waals surface area contributed by atoms with Gasteiger partial charge in [-0.1, -0.05) is 48.5 Å². The van der Waals surface area contributed by atoms with Crippen molar-refractivity contribution in [1.29, 1.82) is 0 Å². The molecule has 22 heavy (non-hydrogen) atoms. The SMILES string of the molecule is NC(=O)NC1N=C(c2ccccc2)c2ccccc2NC1=O. The molecule has 6 nitrogen and oxygen atoms in total. The van der Waals surface area contributed by atoms with Crippen molar-refractivity contribution in [3.05, 3.63) is 65.7 Å². The summed E-state index contributed by atoms with van der Waals surface area (Å²) in [6.07, 6.45) is -1.07. The molecule has 2 aromatic rings. The van der Waals surface area contributed by atoms with Gasteiger partial charge in [-0.05, 0) is 6.07 Å². The van der Waals surface area contributed by atoms with Crippen molar-refractivity contribution in [2.45, 2.75) is 6.17 Å². The van der Waals surface area contributed by atoms with E-state index in [1.807, 2.05) is 48.5 Å². The molecule has 1 aliphatic rings. The molecule has 0 spiro atoms.